The molecule has 140 valence electrons. The summed E-state index contributed by atoms with van der Waals surface area (Å²) in [7, 11) is -3.66. The lowest BCUT2D eigenvalue weighted by Gasteiger charge is -2.10. The van der Waals surface area contributed by atoms with E-state index in [0.717, 1.165) is 17.5 Å². The smallest absolute Gasteiger partial charge is 0.261 e. The average molecular weight is 383 g/mol. The molecule has 0 aliphatic carbocycles. The summed E-state index contributed by atoms with van der Waals surface area (Å²) in [6.07, 6.45) is 0.895. The van der Waals surface area contributed by atoms with E-state index >= 15 is 0 Å². The van der Waals surface area contributed by atoms with Crippen LogP contribution in [0.2, 0.25) is 0 Å². The lowest BCUT2D eigenvalue weighted by atomic mass is 10.1. The monoisotopic (exact) mass is 383 g/mol. The van der Waals surface area contributed by atoms with E-state index in [-0.39, 0.29) is 4.90 Å². The second-order valence-corrected chi connectivity index (χ2v) is 7.79. The fraction of sp³-hybridized carbons (Fsp3) is 0.200. The average Bonchev–Trinajstić information content (AvgIpc) is 2.67. The predicted octanol–water partition coefficient (Wildman–Crippen LogP) is 4.04. The van der Waals surface area contributed by atoms with Gasteiger partial charge in [-0.3, -0.25) is 4.72 Å². The minimum Gasteiger partial charge on any atom is -0.477 e. The summed E-state index contributed by atoms with van der Waals surface area (Å²) < 4.78 is 33.2. The Kier molecular flexibility index (Phi) is 5.71. The molecule has 0 atom stereocenters. The molecule has 0 saturated carbocycles. The molecule has 0 unspecified atom stereocenters. The molecule has 0 fully saturated rings. The Morgan fingerprint density at radius 3 is 2.52 bits per heavy atom. The van der Waals surface area contributed by atoms with E-state index in [1.807, 2.05) is 26.0 Å². The molecule has 0 saturated heterocycles. The number of nitrogens with zero attached hydrogens (tertiary/aromatic N) is 2. The van der Waals surface area contributed by atoms with Crippen molar-refractivity contribution >= 4 is 15.7 Å². The fourth-order valence-electron chi connectivity index (χ4n) is 2.50. The van der Waals surface area contributed by atoms with Crippen molar-refractivity contribution in [1.29, 1.82) is 0 Å². The lowest BCUT2D eigenvalue weighted by Crippen LogP contribution is -2.13. The molecule has 2 aromatic carbocycles. The van der Waals surface area contributed by atoms with Gasteiger partial charge in [-0.05, 0) is 49.2 Å². The fourth-order valence-corrected chi connectivity index (χ4v) is 3.65. The van der Waals surface area contributed by atoms with Crippen molar-refractivity contribution in [3.8, 4) is 17.1 Å². The van der Waals surface area contributed by atoms with E-state index in [4.69, 9.17) is 4.74 Å². The van der Waals surface area contributed by atoms with Gasteiger partial charge >= 0.3 is 0 Å². The SMILES string of the molecule is CCCOc1ccc(-c2cccc(NS(=O)(=O)c3cccc(C)c3)c2)nn1. The summed E-state index contributed by atoms with van der Waals surface area (Å²) in [6, 6.07) is 17.4. The Morgan fingerprint density at radius 1 is 1.00 bits per heavy atom. The van der Waals surface area contributed by atoms with Crippen LogP contribution in [0, 0.1) is 6.92 Å². The van der Waals surface area contributed by atoms with Gasteiger partial charge in [0.25, 0.3) is 10.0 Å². The Balaban J connectivity index is 1.81. The molecular formula is C20H21N3O3S. The van der Waals surface area contributed by atoms with Gasteiger partial charge in [0.2, 0.25) is 5.88 Å². The number of anilines is 1. The van der Waals surface area contributed by atoms with Crippen molar-refractivity contribution in [3.05, 3.63) is 66.2 Å². The highest BCUT2D eigenvalue weighted by Crippen LogP contribution is 2.23. The number of hydrogen-bond acceptors (Lipinski definition) is 5. The van der Waals surface area contributed by atoms with Crippen LogP contribution in [0.4, 0.5) is 5.69 Å². The van der Waals surface area contributed by atoms with Gasteiger partial charge in [-0.2, -0.15) is 0 Å². The summed E-state index contributed by atoms with van der Waals surface area (Å²) in [4.78, 5) is 0.227. The summed E-state index contributed by atoms with van der Waals surface area (Å²) >= 11 is 0. The molecular weight excluding hydrogens is 362 g/mol. The van der Waals surface area contributed by atoms with Crippen LogP contribution in [-0.4, -0.2) is 25.2 Å². The van der Waals surface area contributed by atoms with Gasteiger partial charge in [0.15, 0.2) is 0 Å². The van der Waals surface area contributed by atoms with E-state index in [0.29, 0.717) is 23.9 Å². The number of aromatic nitrogens is 2. The van der Waals surface area contributed by atoms with E-state index in [1.165, 1.54) is 0 Å². The van der Waals surface area contributed by atoms with Crippen LogP contribution in [0.25, 0.3) is 11.3 Å². The highest BCUT2D eigenvalue weighted by Gasteiger charge is 2.14. The van der Waals surface area contributed by atoms with Crippen LogP contribution in [-0.2, 0) is 10.0 Å². The number of aryl methyl sites for hydroxylation is 1. The molecule has 0 aliphatic heterocycles. The molecule has 1 N–H and O–H groups in total. The summed E-state index contributed by atoms with van der Waals surface area (Å²) in [5.74, 6) is 0.469. The number of nitrogens with one attached hydrogen (secondary N) is 1. The first-order chi connectivity index (χ1) is 13.0. The maximum absolute atomic E-state index is 12.6. The summed E-state index contributed by atoms with van der Waals surface area (Å²) in [5, 5.41) is 8.20. The molecule has 1 aromatic heterocycles. The molecule has 27 heavy (non-hydrogen) atoms. The first kappa shape index (κ1) is 18.8. The van der Waals surface area contributed by atoms with E-state index in [2.05, 4.69) is 14.9 Å². The van der Waals surface area contributed by atoms with Gasteiger partial charge in [0.05, 0.1) is 17.2 Å². The predicted molar refractivity (Wildman–Crippen MR) is 105 cm³/mol. The Bertz CT molecular complexity index is 1020. The van der Waals surface area contributed by atoms with Crippen LogP contribution < -0.4 is 9.46 Å². The highest BCUT2D eigenvalue weighted by atomic mass is 32.2. The van der Waals surface area contributed by atoms with Crippen LogP contribution in [0.3, 0.4) is 0 Å². The molecule has 3 aromatic rings. The first-order valence-corrected chi connectivity index (χ1v) is 10.1. The first-order valence-electron chi connectivity index (χ1n) is 8.64. The van der Waals surface area contributed by atoms with Gasteiger partial charge in [-0.1, -0.05) is 31.2 Å². The van der Waals surface area contributed by atoms with Gasteiger partial charge in [-0.15, -0.1) is 10.2 Å². The second kappa shape index (κ2) is 8.18. The van der Waals surface area contributed by atoms with Crippen molar-refractivity contribution in [2.24, 2.45) is 0 Å². The van der Waals surface area contributed by atoms with Crippen LogP contribution >= 0.6 is 0 Å². The zero-order valence-corrected chi connectivity index (χ0v) is 16.0. The maximum atomic E-state index is 12.6. The molecule has 0 radical (unpaired) electrons. The third-order valence-corrected chi connectivity index (χ3v) is 5.18. The standard InChI is InChI=1S/C20H21N3O3S/c1-3-12-26-20-11-10-19(21-22-20)16-7-5-8-17(14-16)23-27(24,25)18-9-4-6-15(2)13-18/h4-11,13-14,23H,3,12H2,1-2H3. The largest absolute Gasteiger partial charge is 0.477 e. The van der Waals surface area contributed by atoms with Crippen LogP contribution in [0.15, 0.2) is 65.6 Å². The number of ether oxygens (including phenoxy) is 1. The zero-order valence-electron chi connectivity index (χ0n) is 15.2. The molecule has 0 amide bonds. The Labute approximate surface area is 159 Å². The van der Waals surface area contributed by atoms with E-state index in [9.17, 15) is 8.42 Å². The third kappa shape index (κ3) is 4.83. The Morgan fingerprint density at radius 2 is 1.81 bits per heavy atom. The third-order valence-electron chi connectivity index (χ3n) is 3.80. The van der Waals surface area contributed by atoms with E-state index in [1.54, 1.807) is 48.5 Å². The number of hydrogen-bond donors (Lipinski definition) is 1. The van der Waals surface area contributed by atoms with Crippen molar-refractivity contribution in [1.82, 2.24) is 10.2 Å². The van der Waals surface area contributed by atoms with Gasteiger partial charge in [0.1, 0.15) is 0 Å². The molecule has 0 spiro atoms. The Hall–Kier alpha value is -2.93. The zero-order chi connectivity index (χ0) is 19.3. The van der Waals surface area contributed by atoms with Crippen molar-refractivity contribution in [2.45, 2.75) is 25.2 Å². The lowest BCUT2D eigenvalue weighted by molar-refractivity contribution is 0.302. The van der Waals surface area contributed by atoms with Gasteiger partial charge in [-0.25, -0.2) is 8.42 Å². The molecule has 0 aliphatic rings. The topological polar surface area (TPSA) is 81.2 Å². The maximum Gasteiger partial charge on any atom is 0.261 e. The van der Waals surface area contributed by atoms with Crippen molar-refractivity contribution < 1.29 is 13.2 Å². The quantitative estimate of drug-likeness (QED) is 0.666. The van der Waals surface area contributed by atoms with Crippen LogP contribution in [0.5, 0.6) is 5.88 Å². The number of rotatable bonds is 7. The van der Waals surface area contributed by atoms with Gasteiger partial charge < -0.3 is 4.74 Å². The van der Waals surface area contributed by atoms with E-state index < -0.39 is 10.0 Å². The highest BCUT2D eigenvalue weighted by molar-refractivity contribution is 7.92. The van der Waals surface area contributed by atoms with Crippen molar-refractivity contribution in [3.63, 3.8) is 0 Å². The minimum atomic E-state index is -3.66. The molecule has 3 rings (SSSR count). The summed E-state index contributed by atoms with van der Waals surface area (Å²) in [5.41, 5.74) is 2.74. The number of benzene rings is 2. The second-order valence-electron chi connectivity index (χ2n) is 6.11. The normalized spacial score (nSPS) is 11.2. The molecule has 6 nitrogen and oxygen atoms in total. The van der Waals surface area contributed by atoms with Crippen LogP contribution in [0.1, 0.15) is 18.9 Å². The van der Waals surface area contributed by atoms with Crippen molar-refractivity contribution in [2.75, 3.05) is 11.3 Å². The molecule has 0 bridgehead atoms. The van der Waals surface area contributed by atoms with Gasteiger partial charge in [0, 0.05) is 17.3 Å². The molecule has 7 heteroatoms. The molecule has 1 heterocycles. The minimum absolute atomic E-state index is 0.227. The number of sulfonamides is 1. The summed E-state index contributed by atoms with van der Waals surface area (Å²) in [6.45, 7) is 4.46.